The predicted octanol–water partition coefficient (Wildman–Crippen LogP) is 1.41. The molecule has 1 saturated carbocycles. The van der Waals surface area contributed by atoms with Gasteiger partial charge in [-0.15, -0.1) is 0 Å². The minimum absolute atomic E-state index is 0.00997. The van der Waals surface area contributed by atoms with Gasteiger partial charge >= 0.3 is 0 Å². The Morgan fingerprint density at radius 3 is 2.59 bits per heavy atom. The molecule has 0 aromatic carbocycles. The zero-order chi connectivity index (χ0) is 12.8. The molecule has 3 N–H and O–H groups in total. The molecular weight excluding hydrogens is 218 g/mol. The lowest BCUT2D eigenvalue weighted by molar-refractivity contribution is -0.132. The van der Waals surface area contributed by atoms with E-state index in [-0.39, 0.29) is 11.7 Å². The summed E-state index contributed by atoms with van der Waals surface area (Å²) in [4.78, 5) is 13.8. The van der Waals surface area contributed by atoms with Gasteiger partial charge in [0.2, 0.25) is 5.91 Å². The van der Waals surface area contributed by atoms with E-state index in [1.54, 1.807) is 11.9 Å². The summed E-state index contributed by atoms with van der Waals surface area (Å²) in [5.74, 6) is 0.0885. The molecule has 1 fully saturated rings. The molecule has 0 aromatic heterocycles. The summed E-state index contributed by atoms with van der Waals surface area (Å²) in [6, 6.07) is 0. The average Bonchev–Trinajstić information content (AvgIpc) is 2.82. The average molecular weight is 241 g/mol. The third kappa shape index (κ3) is 3.61. The zero-order valence-corrected chi connectivity index (χ0v) is 10.7. The summed E-state index contributed by atoms with van der Waals surface area (Å²) in [6.45, 7) is 2.65. The Morgan fingerprint density at radius 1 is 1.53 bits per heavy atom. The maximum Gasteiger partial charge on any atom is 0.233 e. The van der Waals surface area contributed by atoms with E-state index in [0.29, 0.717) is 12.3 Å². The molecule has 98 valence electrons. The Labute approximate surface area is 103 Å². The number of rotatable bonds is 5. The fourth-order valence-corrected chi connectivity index (χ4v) is 2.52. The van der Waals surface area contributed by atoms with Gasteiger partial charge in [-0.05, 0) is 25.2 Å². The standard InChI is InChI=1S/C12H23N3O2/c1-3-10(11(13)14-17)12(16)15(2)8-9-6-4-5-7-9/h9-10,17H,3-8H2,1-2H3,(H2,13,14). The lowest BCUT2D eigenvalue weighted by Gasteiger charge is -2.24. The largest absolute Gasteiger partial charge is 0.409 e. The van der Waals surface area contributed by atoms with E-state index in [0.717, 1.165) is 6.54 Å². The molecule has 5 heteroatoms. The monoisotopic (exact) mass is 241 g/mol. The molecule has 0 saturated heterocycles. The van der Waals surface area contributed by atoms with Crippen LogP contribution in [-0.4, -0.2) is 35.4 Å². The van der Waals surface area contributed by atoms with Gasteiger partial charge in [-0.25, -0.2) is 0 Å². The fourth-order valence-electron chi connectivity index (χ4n) is 2.52. The molecule has 0 heterocycles. The van der Waals surface area contributed by atoms with Crippen molar-refractivity contribution in [3.63, 3.8) is 0 Å². The van der Waals surface area contributed by atoms with Crippen molar-refractivity contribution in [3.05, 3.63) is 0 Å². The number of nitrogens with two attached hydrogens (primary N) is 1. The molecule has 0 spiro atoms. The highest BCUT2D eigenvalue weighted by atomic mass is 16.4. The van der Waals surface area contributed by atoms with Gasteiger partial charge in [0.05, 0.1) is 5.92 Å². The molecule has 1 amide bonds. The Balaban J connectivity index is 2.54. The summed E-state index contributed by atoms with van der Waals surface area (Å²) in [5, 5.41) is 11.6. The van der Waals surface area contributed by atoms with E-state index in [2.05, 4.69) is 5.16 Å². The Morgan fingerprint density at radius 2 is 2.12 bits per heavy atom. The van der Waals surface area contributed by atoms with E-state index < -0.39 is 5.92 Å². The molecule has 1 aliphatic carbocycles. The molecule has 17 heavy (non-hydrogen) atoms. The van der Waals surface area contributed by atoms with Crippen molar-refractivity contribution in [2.45, 2.75) is 39.0 Å². The van der Waals surface area contributed by atoms with Crippen molar-refractivity contribution in [3.8, 4) is 0 Å². The van der Waals surface area contributed by atoms with Crippen LogP contribution in [0.4, 0.5) is 0 Å². The van der Waals surface area contributed by atoms with Crippen LogP contribution in [0.3, 0.4) is 0 Å². The van der Waals surface area contributed by atoms with Gasteiger partial charge in [0.1, 0.15) is 0 Å². The number of carbonyl (C=O) groups is 1. The number of amides is 1. The lowest BCUT2D eigenvalue weighted by atomic mass is 10.0. The van der Waals surface area contributed by atoms with Crippen LogP contribution in [0, 0.1) is 11.8 Å². The number of oxime groups is 1. The van der Waals surface area contributed by atoms with Gasteiger partial charge in [0.15, 0.2) is 5.84 Å². The molecule has 1 aliphatic rings. The summed E-state index contributed by atoms with van der Waals surface area (Å²) in [5.41, 5.74) is 5.53. The molecule has 0 aliphatic heterocycles. The molecular formula is C12H23N3O2. The van der Waals surface area contributed by atoms with Crippen LogP contribution >= 0.6 is 0 Å². The summed E-state index contributed by atoms with van der Waals surface area (Å²) >= 11 is 0. The van der Waals surface area contributed by atoms with Gasteiger partial charge in [0, 0.05) is 13.6 Å². The van der Waals surface area contributed by atoms with Crippen LogP contribution < -0.4 is 5.73 Å². The van der Waals surface area contributed by atoms with Crippen LogP contribution in [-0.2, 0) is 4.79 Å². The fraction of sp³-hybridized carbons (Fsp3) is 0.833. The lowest BCUT2D eigenvalue weighted by Crippen LogP contribution is -2.41. The second-order valence-electron chi connectivity index (χ2n) is 4.85. The van der Waals surface area contributed by atoms with Gasteiger partial charge in [-0.2, -0.15) is 0 Å². The third-order valence-corrected chi connectivity index (χ3v) is 3.56. The maximum atomic E-state index is 12.1. The van der Waals surface area contributed by atoms with Crippen molar-refractivity contribution < 1.29 is 10.0 Å². The molecule has 1 unspecified atom stereocenters. The van der Waals surface area contributed by atoms with Crippen molar-refractivity contribution in [1.29, 1.82) is 0 Å². The number of hydrogen-bond acceptors (Lipinski definition) is 3. The molecule has 1 atom stereocenters. The normalized spacial score (nSPS) is 19.3. The minimum atomic E-state index is -0.494. The van der Waals surface area contributed by atoms with Crippen molar-refractivity contribution >= 4 is 11.7 Å². The summed E-state index contributed by atoms with van der Waals surface area (Å²) in [6.07, 6.45) is 5.51. The molecule has 0 bridgehead atoms. The molecule has 5 nitrogen and oxygen atoms in total. The second kappa shape index (κ2) is 6.47. The van der Waals surface area contributed by atoms with E-state index in [1.165, 1.54) is 25.7 Å². The highest BCUT2D eigenvalue weighted by molar-refractivity contribution is 6.01. The molecule has 0 aromatic rings. The van der Waals surface area contributed by atoms with Crippen LogP contribution in [0.1, 0.15) is 39.0 Å². The van der Waals surface area contributed by atoms with Gasteiger partial charge in [0.25, 0.3) is 0 Å². The number of nitrogens with zero attached hydrogens (tertiary/aromatic N) is 2. The first-order chi connectivity index (χ1) is 8.10. The Hall–Kier alpha value is -1.26. The van der Waals surface area contributed by atoms with Crippen molar-refractivity contribution in [2.75, 3.05) is 13.6 Å². The number of carbonyl (C=O) groups excluding carboxylic acids is 1. The van der Waals surface area contributed by atoms with Crippen molar-refractivity contribution in [2.24, 2.45) is 22.7 Å². The highest BCUT2D eigenvalue weighted by Gasteiger charge is 2.26. The Bertz CT molecular complexity index is 285. The van der Waals surface area contributed by atoms with Crippen LogP contribution in [0.2, 0.25) is 0 Å². The first kappa shape index (κ1) is 13.8. The quantitative estimate of drug-likeness (QED) is 0.330. The summed E-state index contributed by atoms with van der Waals surface area (Å²) < 4.78 is 0. The topological polar surface area (TPSA) is 78.9 Å². The first-order valence-corrected chi connectivity index (χ1v) is 6.32. The molecule has 1 rings (SSSR count). The van der Waals surface area contributed by atoms with E-state index in [1.807, 2.05) is 6.92 Å². The highest BCUT2D eigenvalue weighted by Crippen LogP contribution is 2.25. The Kier molecular flexibility index (Phi) is 5.25. The van der Waals surface area contributed by atoms with E-state index in [4.69, 9.17) is 10.9 Å². The van der Waals surface area contributed by atoms with Gasteiger partial charge < -0.3 is 15.8 Å². The first-order valence-electron chi connectivity index (χ1n) is 6.32. The second-order valence-corrected chi connectivity index (χ2v) is 4.85. The van der Waals surface area contributed by atoms with Crippen LogP contribution in [0.15, 0.2) is 5.16 Å². The van der Waals surface area contributed by atoms with Crippen LogP contribution in [0.25, 0.3) is 0 Å². The molecule has 0 radical (unpaired) electrons. The summed E-state index contributed by atoms with van der Waals surface area (Å²) in [7, 11) is 1.80. The smallest absolute Gasteiger partial charge is 0.233 e. The predicted molar refractivity (Wildman–Crippen MR) is 66.8 cm³/mol. The number of amidine groups is 1. The minimum Gasteiger partial charge on any atom is -0.409 e. The van der Waals surface area contributed by atoms with Gasteiger partial charge in [-0.1, -0.05) is 24.9 Å². The maximum absolute atomic E-state index is 12.1. The zero-order valence-electron chi connectivity index (χ0n) is 10.7. The van der Waals surface area contributed by atoms with Crippen LogP contribution in [0.5, 0.6) is 0 Å². The SMILES string of the molecule is CCC(C(=O)N(C)CC1CCCC1)C(N)=NO. The number of hydrogen-bond donors (Lipinski definition) is 2. The van der Waals surface area contributed by atoms with E-state index >= 15 is 0 Å². The third-order valence-electron chi connectivity index (χ3n) is 3.56. The van der Waals surface area contributed by atoms with Gasteiger partial charge in [-0.3, -0.25) is 4.79 Å². The van der Waals surface area contributed by atoms with Crippen molar-refractivity contribution in [1.82, 2.24) is 4.90 Å². The van der Waals surface area contributed by atoms with E-state index in [9.17, 15) is 4.79 Å².